The molecule has 160 valence electrons. The van der Waals surface area contributed by atoms with Crippen LogP contribution in [0.1, 0.15) is 42.5 Å². The molecule has 0 saturated carbocycles. The zero-order valence-electron chi connectivity index (χ0n) is 17.8. The molecule has 0 amide bonds. The summed E-state index contributed by atoms with van der Waals surface area (Å²) in [7, 11) is -7.33. The van der Waals surface area contributed by atoms with Crippen LogP contribution in [-0.4, -0.2) is 33.4 Å². The summed E-state index contributed by atoms with van der Waals surface area (Å²) in [6.07, 6.45) is 1.64. The number of aryl methyl sites for hydroxylation is 3. The van der Waals surface area contributed by atoms with Crippen LogP contribution >= 0.6 is 0 Å². The second-order valence-electron chi connectivity index (χ2n) is 7.47. The molecule has 2 aromatic carbocycles. The van der Waals surface area contributed by atoms with Crippen LogP contribution in [0.4, 0.5) is 0 Å². The summed E-state index contributed by atoms with van der Waals surface area (Å²) in [5.74, 6) is 0.194. The molecule has 0 aliphatic rings. The fraction of sp³-hybridized carbons (Fsp3) is 0.429. The van der Waals surface area contributed by atoms with Gasteiger partial charge in [0.1, 0.15) is 5.75 Å². The summed E-state index contributed by atoms with van der Waals surface area (Å²) < 4.78 is 56.0. The molecule has 29 heavy (non-hydrogen) atoms. The van der Waals surface area contributed by atoms with Crippen LogP contribution in [0.5, 0.6) is 5.75 Å². The highest BCUT2D eigenvalue weighted by atomic mass is 32.2. The van der Waals surface area contributed by atoms with Crippen LogP contribution in [0.15, 0.2) is 41.3 Å². The highest BCUT2D eigenvalue weighted by Crippen LogP contribution is 2.29. The van der Waals surface area contributed by atoms with Gasteiger partial charge in [-0.05, 0) is 62.9 Å². The van der Waals surface area contributed by atoms with Gasteiger partial charge in [-0.3, -0.25) is 0 Å². The lowest BCUT2D eigenvalue weighted by Crippen LogP contribution is -2.38. The van der Waals surface area contributed by atoms with E-state index in [9.17, 15) is 16.8 Å². The zero-order valence-corrected chi connectivity index (χ0v) is 19.4. The highest BCUT2D eigenvalue weighted by Gasteiger charge is 2.31. The zero-order chi connectivity index (χ0) is 22.0. The molecule has 0 aliphatic carbocycles. The van der Waals surface area contributed by atoms with Crippen molar-refractivity contribution in [1.29, 1.82) is 0 Å². The molecule has 0 spiro atoms. The van der Waals surface area contributed by atoms with Gasteiger partial charge in [0.05, 0.1) is 11.2 Å². The van der Waals surface area contributed by atoms with Crippen LogP contribution in [0, 0.1) is 20.8 Å². The number of sulfonamides is 1. The van der Waals surface area contributed by atoms with Gasteiger partial charge < -0.3 is 4.18 Å². The Morgan fingerprint density at radius 3 is 1.93 bits per heavy atom. The maximum Gasteiger partial charge on any atom is 0.306 e. The Balaban J connectivity index is 2.42. The molecule has 0 saturated heterocycles. The molecule has 2 rings (SSSR count). The Morgan fingerprint density at radius 1 is 0.966 bits per heavy atom. The van der Waals surface area contributed by atoms with Crippen molar-refractivity contribution in [3.8, 4) is 5.75 Å². The van der Waals surface area contributed by atoms with Crippen molar-refractivity contribution in [3.05, 3.63) is 58.7 Å². The molecule has 8 heteroatoms. The van der Waals surface area contributed by atoms with Gasteiger partial charge in [0.25, 0.3) is 0 Å². The molecule has 0 fully saturated rings. The van der Waals surface area contributed by atoms with Crippen molar-refractivity contribution < 1.29 is 21.0 Å². The van der Waals surface area contributed by atoms with Gasteiger partial charge >= 0.3 is 10.1 Å². The van der Waals surface area contributed by atoms with E-state index >= 15 is 0 Å². The molecular weight excluding hydrogens is 410 g/mol. The first-order chi connectivity index (χ1) is 13.3. The Bertz CT molecular complexity index is 1050. The molecule has 0 aliphatic heterocycles. The average Bonchev–Trinajstić information content (AvgIpc) is 2.57. The lowest BCUT2D eigenvalue weighted by Gasteiger charge is -2.29. The third-order valence-corrected chi connectivity index (χ3v) is 7.52. The first-order valence-corrected chi connectivity index (χ1v) is 12.7. The Morgan fingerprint density at radius 2 is 1.48 bits per heavy atom. The second-order valence-corrected chi connectivity index (χ2v) is 10.9. The molecule has 6 nitrogen and oxygen atoms in total. The Labute approximate surface area is 174 Å². The van der Waals surface area contributed by atoms with E-state index in [0.29, 0.717) is 11.3 Å². The fourth-order valence-electron chi connectivity index (χ4n) is 3.38. The predicted molar refractivity (Wildman–Crippen MR) is 115 cm³/mol. The van der Waals surface area contributed by atoms with Crippen molar-refractivity contribution in [3.63, 3.8) is 0 Å². The Hall–Kier alpha value is -1.90. The van der Waals surface area contributed by atoms with E-state index in [0.717, 1.165) is 28.5 Å². The van der Waals surface area contributed by atoms with Crippen molar-refractivity contribution >= 4 is 20.1 Å². The van der Waals surface area contributed by atoms with Gasteiger partial charge in [-0.15, -0.1) is 0 Å². The number of hydrogen-bond acceptors (Lipinski definition) is 5. The first kappa shape index (κ1) is 23.4. The van der Waals surface area contributed by atoms with E-state index in [1.54, 1.807) is 12.1 Å². The third-order valence-electron chi connectivity index (χ3n) is 4.76. The SMILES string of the molecule is CC[C@H](C)N(Cc1ccc(OS(C)(=O)=O)cc1)S(=O)(=O)c1c(C)cc(C)cc1C. The fourth-order valence-corrected chi connectivity index (χ4v) is 5.95. The van der Waals surface area contributed by atoms with E-state index in [1.807, 2.05) is 46.8 Å². The maximum atomic E-state index is 13.6. The van der Waals surface area contributed by atoms with E-state index in [-0.39, 0.29) is 18.3 Å². The molecule has 0 radical (unpaired) electrons. The predicted octanol–water partition coefficient (Wildman–Crippen LogP) is 3.94. The Kier molecular flexibility index (Phi) is 7.14. The van der Waals surface area contributed by atoms with Gasteiger partial charge in [-0.1, -0.05) is 36.8 Å². The minimum Gasteiger partial charge on any atom is -0.383 e. The minimum atomic E-state index is -3.72. The average molecular weight is 440 g/mol. The van der Waals surface area contributed by atoms with Crippen LogP contribution in [-0.2, 0) is 26.7 Å². The number of rotatable bonds is 8. The molecule has 0 heterocycles. The van der Waals surface area contributed by atoms with E-state index in [1.165, 1.54) is 16.4 Å². The smallest absolute Gasteiger partial charge is 0.306 e. The van der Waals surface area contributed by atoms with E-state index in [2.05, 4.69) is 0 Å². The van der Waals surface area contributed by atoms with Crippen LogP contribution in [0.2, 0.25) is 0 Å². The first-order valence-electron chi connectivity index (χ1n) is 9.43. The van der Waals surface area contributed by atoms with Crippen molar-refractivity contribution in [1.82, 2.24) is 4.31 Å². The number of hydrogen-bond donors (Lipinski definition) is 0. The molecule has 2 aromatic rings. The van der Waals surface area contributed by atoms with Crippen LogP contribution in [0.25, 0.3) is 0 Å². The quantitative estimate of drug-likeness (QED) is 0.582. The minimum absolute atomic E-state index is 0.184. The van der Waals surface area contributed by atoms with Crippen molar-refractivity contribution in [2.75, 3.05) is 6.26 Å². The summed E-state index contributed by atoms with van der Waals surface area (Å²) in [4.78, 5) is 0.348. The second kappa shape index (κ2) is 8.85. The van der Waals surface area contributed by atoms with Gasteiger partial charge in [-0.25, -0.2) is 8.42 Å². The third kappa shape index (κ3) is 5.81. The molecule has 0 bridgehead atoms. The van der Waals surface area contributed by atoms with Gasteiger partial charge in [0.2, 0.25) is 10.0 Å². The standard InChI is InChI=1S/C21H29NO5S2/c1-7-18(5)22(14-19-8-10-20(11-9-19)27-28(6,23)24)29(25,26)21-16(3)12-15(2)13-17(21)4/h8-13,18H,7,14H2,1-6H3/t18-/m0/s1. The van der Waals surface area contributed by atoms with Crippen molar-refractivity contribution in [2.45, 2.75) is 58.5 Å². The molecule has 0 aromatic heterocycles. The summed E-state index contributed by atoms with van der Waals surface area (Å²) in [5.41, 5.74) is 3.23. The van der Waals surface area contributed by atoms with Gasteiger partial charge in [0.15, 0.2) is 0 Å². The van der Waals surface area contributed by atoms with Crippen LogP contribution < -0.4 is 4.18 Å². The van der Waals surface area contributed by atoms with E-state index in [4.69, 9.17) is 4.18 Å². The van der Waals surface area contributed by atoms with Crippen molar-refractivity contribution in [2.24, 2.45) is 0 Å². The molecule has 0 N–H and O–H groups in total. The highest BCUT2D eigenvalue weighted by molar-refractivity contribution is 7.89. The number of benzene rings is 2. The normalized spacial score (nSPS) is 13.5. The molecular formula is C21H29NO5S2. The van der Waals surface area contributed by atoms with Gasteiger partial charge in [-0.2, -0.15) is 12.7 Å². The monoisotopic (exact) mass is 439 g/mol. The summed E-state index contributed by atoms with van der Waals surface area (Å²) in [5, 5.41) is 0. The summed E-state index contributed by atoms with van der Waals surface area (Å²) >= 11 is 0. The topological polar surface area (TPSA) is 80.8 Å². The molecule has 0 unspecified atom stereocenters. The van der Waals surface area contributed by atoms with E-state index < -0.39 is 20.1 Å². The summed E-state index contributed by atoms with van der Waals surface area (Å²) in [6.45, 7) is 9.60. The summed E-state index contributed by atoms with van der Waals surface area (Å²) in [6, 6.07) is 9.98. The maximum absolute atomic E-state index is 13.6. The van der Waals surface area contributed by atoms with Gasteiger partial charge in [0, 0.05) is 12.6 Å². The van der Waals surface area contributed by atoms with Crippen LogP contribution in [0.3, 0.4) is 0 Å². The largest absolute Gasteiger partial charge is 0.383 e. The number of nitrogens with zero attached hydrogens (tertiary/aromatic N) is 1. The lowest BCUT2D eigenvalue weighted by molar-refractivity contribution is 0.322. The molecule has 1 atom stereocenters. The lowest BCUT2D eigenvalue weighted by atomic mass is 10.1.